The predicted octanol–water partition coefficient (Wildman–Crippen LogP) is 5.38. The standard InChI is InChI=1S/C24H26N2O2/c1-3-26-14-8-12-21-23(15-25-24(21)26)28-17-20-11-7-13-22(18(20)2)27-16-19-9-5-4-6-10-19/h4-11,13-15,25H,3,12,16-17H2,1-2H3. The Bertz CT molecular complexity index is 960. The Kier molecular flexibility index (Phi) is 5.38. The van der Waals surface area contributed by atoms with E-state index >= 15 is 0 Å². The monoisotopic (exact) mass is 374 g/mol. The van der Waals surface area contributed by atoms with Gasteiger partial charge in [-0.05, 0) is 43.0 Å². The van der Waals surface area contributed by atoms with E-state index in [1.807, 2.05) is 36.5 Å². The number of H-pyrrole nitrogens is 1. The van der Waals surface area contributed by atoms with Gasteiger partial charge < -0.3 is 19.4 Å². The number of allylic oxidation sites excluding steroid dienone is 1. The Hall–Kier alpha value is -3.14. The van der Waals surface area contributed by atoms with Gasteiger partial charge in [0.2, 0.25) is 0 Å². The number of nitrogens with one attached hydrogen (secondary N) is 1. The highest BCUT2D eigenvalue weighted by molar-refractivity contribution is 5.60. The molecule has 4 nitrogen and oxygen atoms in total. The smallest absolute Gasteiger partial charge is 0.142 e. The van der Waals surface area contributed by atoms with Crippen LogP contribution >= 0.6 is 0 Å². The zero-order valence-electron chi connectivity index (χ0n) is 16.4. The lowest BCUT2D eigenvalue weighted by molar-refractivity contribution is 0.292. The highest BCUT2D eigenvalue weighted by Crippen LogP contribution is 2.33. The lowest BCUT2D eigenvalue weighted by Crippen LogP contribution is -2.19. The van der Waals surface area contributed by atoms with Gasteiger partial charge in [0.25, 0.3) is 0 Å². The molecule has 1 aromatic heterocycles. The molecule has 0 spiro atoms. The number of aromatic amines is 1. The number of fused-ring (bicyclic) bond motifs is 1. The van der Waals surface area contributed by atoms with Crippen LogP contribution in [0.15, 0.2) is 67.0 Å². The molecule has 0 saturated heterocycles. The van der Waals surface area contributed by atoms with Crippen LogP contribution in [0.1, 0.15) is 29.2 Å². The SMILES string of the molecule is CCN1C=CCc2c(OCc3cccc(OCc4ccccc4)c3C)c[nH]c21. The van der Waals surface area contributed by atoms with Crippen LogP contribution in [-0.4, -0.2) is 11.5 Å². The van der Waals surface area contributed by atoms with Crippen molar-refractivity contribution in [3.8, 4) is 11.5 Å². The van der Waals surface area contributed by atoms with E-state index in [1.54, 1.807) is 0 Å². The Labute approximate surface area is 166 Å². The second-order valence-corrected chi connectivity index (χ2v) is 6.96. The van der Waals surface area contributed by atoms with Crippen molar-refractivity contribution in [3.63, 3.8) is 0 Å². The molecule has 3 aromatic rings. The number of anilines is 1. The van der Waals surface area contributed by atoms with Crippen LogP contribution in [0.3, 0.4) is 0 Å². The molecule has 2 aromatic carbocycles. The van der Waals surface area contributed by atoms with Crippen molar-refractivity contribution in [2.45, 2.75) is 33.5 Å². The molecule has 0 saturated carbocycles. The van der Waals surface area contributed by atoms with Crippen LogP contribution in [0.4, 0.5) is 5.82 Å². The average molecular weight is 374 g/mol. The van der Waals surface area contributed by atoms with Crippen molar-refractivity contribution in [2.24, 2.45) is 0 Å². The van der Waals surface area contributed by atoms with Gasteiger partial charge in [0, 0.05) is 24.5 Å². The van der Waals surface area contributed by atoms with Gasteiger partial charge in [-0.3, -0.25) is 0 Å². The Morgan fingerprint density at radius 3 is 2.61 bits per heavy atom. The number of hydrogen-bond donors (Lipinski definition) is 1. The molecule has 28 heavy (non-hydrogen) atoms. The normalized spacial score (nSPS) is 12.7. The highest BCUT2D eigenvalue weighted by Gasteiger charge is 2.18. The second kappa shape index (κ2) is 8.26. The molecule has 0 bridgehead atoms. The fourth-order valence-electron chi connectivity index (χ4n) is 3.51. The van der Waals surface area contributed by atoms with E-state index in [1.165, 1.54) is 5.56 Å². The van der Waals surface area contributed by atoms with Crippen LogP contribution in [0.25, 0.3) is 0 Å². The van der Waals surface area contributed by atoms with Crippen LogP contribution in [0, 0.1) is 6.92 Å². The molecule has 1 aliphatic rings. The number of ether oxygens (including phenoxy) is 2. The van der Waals surface area contributed by atoms with Gasteiger partial charge in [-0.2, -0.15) is 0 Å². The Balaban J connectivity index is 1.44. The van der Waals surface area contributed by atoms with Crippen molar-refractivity contribution in [3.05, 3.63) is 89.3 Å². The van der Waals surface area contributed by atoms with E-state index in [0.717, 1.165) is 47.0 Å². The summed E-state index contributed by atoms with van der Waals surface area (Å²) in [5.41, 5.74) is 4.65. The van der Waals surface area contributed by atoms with Gasteiger partial charge in [0.1, 0.15) is 30.5 Å². The van der Waals surface area contributed by atoms with E-state index < -0.39 is 0 Å². The summed E-state index contributed by atoms with van der Waals surface area (Å²) in [5.74, 6) is 2.96. The van der Waals surface area contributed by atoms with Gasteiger partial charge in [-0.1, -0.05) is 48.5 Å². The molecular formula is C24H26N2O2. The zero-order valence-corrected chi connectivity index (χ0v) is 16.4. The summed E-state index contributed by atoms with van der Waals surface area (Å²) in [7, 11) is 0. The molecule has 4 rings (SSSR count). The molecule has 0 radical (unpaired) electrons. The third-order valence-corrected chi connectivity index (χ3v) is 5.18. The number of nitrogens with zero attached hydrogens (tertiary/aromatic N) is 1. The summed E-state index contributed by atoms with van der Waals surface area (Å²) in [6.07, 6.45) is 7.16. The fourth-order valence-corrected chi connectivity index (χ4v) is 3.51. The molecule has 144 valence electrons. The number of rotatable bonds is 7. The molecule has 0 unspecified atom stereocenters. The van der Waals surface area contributed by atoms with Gasteiger partial charge in [0.15, 0.2) is 0 Å². The van der Waals surface area contributed by atoms with Crippen molar-refractivity contribution in [1.29, 1.82) is 0 Å². The Morgan fingerprint density at radius 1 is 0.964 bits per heavy atom. The maximum absolute atomic E-state index is 6.17. The summed E-state index contributed by atoms with van der Waals surface area (Å²) < 4.78 is 12.2. The summed E-state index contributed by atoms with van der Waals surface area (Å²) in [6.45, 7) is 6.26. The van der Waals surface area contributed by atoms with E-state index in [-0.39, 0.29) is 0 Å². The van der Waals surface area contributed by atoms with E-state index in [4.69, 9.17) is 9.47 Å². The van der Waals surface area contributed by atoms with Crippen molar-refractivity contribution < 1.29 is 9.47 Å². The van der Waals surface area contributed by atoms with Crippen molar-refractivity contribution in [2.75, 3.05) is 11.4 Å². The first-order valence-corrected chi connectivity index (χ1v) is 9.78. The largest absolute Gasteiger partial charge is 0.489 e. The van der Waals surface area contributed by atoms with E-state index in [9.17, 15) is 0 Å². The number of benzene rings is 2. The van der Waals surface area contributed by atoms with Gasteiger partial charge in [-0.25, -0.2) is 0 Å². The maximum Gasteiger partial charge on any atom is 0.142 e. The quantitative estimate of drug-likeness (QED) is 0.603. The minimum atomic E-state index is 0.522. The maximum atomic E-state index is 6.17. The lowest BCUT2D eigenvalue weighted by atomic mass is 10.1. The molecule has 0 fully saturated rings. The van der Waals surface area contributed by atoms with Crippen LogP contribution < -0.4 is 14.4 Å². The molecule has 4 heteroatoms. The number of aromatic nitrogens is 1. The Morgan fingerprint density at radius 2 is 1.79 bits per heavy atom. The first-order chi connectivity index (χ1) is 13.8. The first kappa shape index (κ1) is 18.2. The summed E-state index contributed by atoms with van der Waals surface area (Å²) in [6, 6.07) is 16.4. The van der Waals surface area contributed by atoms with Gasteiger partial charge in [-0.15, -0.1) is 0 Å². The molecule has 1 N–H and O–H groups in total. The summed E-state index contributed by atoms with van der Waals surface area (Å²) in [5, 5.41) is 0. The average Bonchev–Trinajstić information content (AvgIpc) is 3.16. The minimum absolute atomic E-state index is 0.522. The highest BCUT2D eigenvalue weighted by atomic mass is 16.5. The third kappa shape index (κ3) is 3.77. The van der Waals surface area contributed by atoms with E-state index in [2.05, 4.69) is 54.2 Å². The van der Waals surface area contributed by atoms with Crippen molar-refractivity contribution >= 4 is 5.82 Å². The van der Waals surface area contributed by atoms with Crippen LogP contribution in [0.2, 0.25) is 0 Å². The second-order valence-electron chi connectivity index (χ2n) is 6.96. The zero-order chi connectivity index (χ0) is 19.3. The molecular weight excluding hydrogens is 348 g/mol. The van der Waals surface area contributed by atoms with Crippen LogP contribution in [-0.2, 0) is 19.6 Å². The molecule has 0 amide bonds. The van der Waals surface area contributed by atoms with Crippen molar-refractivity contribution in [1.82, 2.24) is 4.98 Å². The lowest BCUT2D eigenvalue weighted by Gasteiger charge is -2.22. The minimum Gasteiger partial charge on any atom is -0.489 e. The number of hydrogen-bond acceptors (Lipinski definition) is 3. The summed E-state index contributed by atoms with van der Waals surface area (Å²) in [4.78, 5) is 5.56. The molecule has 0 aliphatic carbocycles. The molecule has 1 aliphatic heterocycles. The molecule has 0 atom stereocenters. The summed E-state index contributed by atoms with van der Waals surface area (Å²) >= 11 is 0. The fraction of sp³-hybridized carbons (Fsp3) is 0.250. The van der Waals surface area contributed by atoms with Gasteiger partial charge >= 0.3 is 0 Å². The molecule has 2 heterocycles. The first-order valence-electron chi connectivity index (χ1n) is 9.78. The third-order valence-electron chi connectivity index (χ3n) is 5.18. The topological polar surface area (TPSA) is 37.5 Å². The predicted molar refractivity (Wildman–Crippen MR) is 113 cm³/mol. The van der Waals surface area contributed by atoms with E-state index in [0.29, 0.717) is 13.2 Å². The van der Waals surface area contributed by atoms with Crippen LogP contribution in [0.5, 0.6) is 11.5 Å². The van der Waals surface area contributed by atoms with Gasteiger partial charge in [0.05, 0.1) is 0 Å².